The first-order valence-corrected chi connectivity index (χ1v) is 5.58. The maximum Gasteiger partial charge on any atom is 0.315 e. The van der Waals surface area contributed by atoms with E-state index >= 15 is 0 Å². The third-order valence-electron chi connectivity index (χ3n) is 2.06. The van der Waals surface area contributed by atoms with Crippen molar-refractivity contribution in [1.82, 2.24) is 10.6 Å². The average molecular weight is 244 g/mol. The van der Waals surface area contributed by atoms with Gasteiger partial charge in [-0.3, -0.25) is 4.79 Å². The minimum absolute atomic E-state index is 0.0300. The van der Waals surface area contributed by atoms with Crippen LogP contribution in [0.5, 0.6) is 0 Å². The molecule has 0 spiro atoms. The summed E-state index contributed by atoms with van der Waals surface area (Å²) >= 11 is 0. The van der Waals surface area contributed by atoms with Gasteiger partial charge < -0.3 is 20.8 Å². The lowest BCUT2D eigenvalue weighted by molar-refractivity contribution is -0.137. The summed E-state index contributed by atoms with van der Waals surface area (Å²) in [7, 11) is 0. The van der Waals surface area contributed by atoms with Crippen molar-refractivity contribution in [2.45, 2.75) is 32.2 Å². The molecule has 0 aliphatic heterocycles. The van der Waals surface area contributed by atoms with Crippen molar-refractivity contribution in [1.29, 1.82) is 0 Å². The SMILES string of the molecule is C/C=C/CC(CO)NC(=O)NCCCC(=O)O. The molecule has 0 aliphatic rings. The molecule has 6 heteroatoms. The number of carboxylic acids is 1. The normalized spacial score (nSPS) is 12.4. The second-order valence-electron chi connectivity index (χ2n) is 3.58. The van der Waals surface area contributed by atoms with Crippen molar-refractivity contribution in [3.8, 4) is 0 Å². The molecule has 4 N–H and O–H groups in total. The summed E-state index contributed by atoms with van der Waals surface area (Å²) in [4.78, 5) is 21.5. The van der Waals surface area contributed by atoms with Crippen molar-refractivity contribution in [3.63, 3.8) is 0 Å². The van der Waals surface area contributed by atoms with Crippen LogP contribution in [-0.2, 0) is 4.79 Å². The average Bonchev–Trinajstić information content (AvgIpc) is 2.29. The number of aliphatic carboxylic acids is 1. The zero-order valence-electron chi connectivity index (χ0n) is 9.98. The Hall–Kier alpha value is -1.56. The predicted octanol–water partition coefficient (Wildman–Crippen LogP) is 0.477. The van der Waals surface area contributed by atoms with Gasteiger partial charge in [-0.1, -0.05) is 12.2 Å². The maximum absolute atomic E-state index is 11.3. The summed E-state index contributed by atoms with van der Waals surface area (Å²) in [6.45, 7) is 2.03. The lowest BCUT2D eigenvalue weighted by atomic mass is 10.2. The van der Waals surface area contributed by atoms with E-state index in [1.165, 1.54) is 0 Å². The summed E-state index contributed by atoms with van der Waals surface area (Å²) in [5.41, 5.74) is 0. The van der Waals surface area contributed by atoms with Gasteiger partial charge in [-0.15, -0.1) is 0 Å². The summed E-state index contributed by atoms with van der Waals surface area (Å²) < 4.78 is 0. The monoisotopic (exact) mass is 244 g/mol. The summed E-state index contributed by atoms with van der Waals surface area (Å²) in [6.07, 6.45) is 4.68. The van der Waals surface area contributed by atoms with Crippen molar-refractivity contribution in [2.75, 3.05) is 13.2 Å². The smallest absolute Gasteiger partial charge is 0.315 e. The van der Waals surface area contributed by atoms with E-state index in [1.807, 2.05) is 19.1 Å². The fourth-order valence-electron chi connectivity index (χ4n) is 1.16. The fourth-order valence-corrected chi connectivity index (χ4v) is 1.16. The number of aliphatic hydroxyl groups is 1. The molecule has 0 saturated heterocycles. The van der Waals surface area contributed by atoms with Gasteiger partial charge in [-0.2, -0.15) is 0 Å². The number of allylic oxidation sites excluding steroid dienone is 1. The molecule has 0 aromatic rings. The van der Waals surface area contributed by atoms with Crippen LogP contribution in [0.4, 0.5) is 4.79 Å². The van der Waals surface area contributed by atoms with Crippen LogP contribution in [0.2, 0.25) is 0 Å². The minimum atomic E-state index is -0.881. The Morgan fingerprint density at radius 2 is 2.12 bits per heavy atom. The maximum atomic E-state index is 11.3. The topological polar surface area (TPSA) is 98.7 Å². The van der Waals surface area contributed by atoms with Crippen LogP contribution >= 0.6 is 0 Å². The lowest BCUT2D eigenvalue weighted by Gasteiger charge is -2.14. The van der Waals surface area contributed by atoms with Crippen LogP contribution in [0.25, 0.3) is 0 Å². The summed E-state index contributed by atoms with van der Waals surface area (Å²) in [5, 5.41) is 22.5. The molecule has 17 heavy (non-hydrogen) atoms. The largest absolute Gasteiger partial charge is 0.481 e. The van der Waals surface area contributed by atoms with Gasteiger partial charge in [0.15, 0.2) is 0 Å². The fraction of sp³-hybridized carbons (Fsp3) is 0.636. The van der Waals surface area contributed by atoms with Gasteiger partial charge in [0.1, 0.15) is 0 Å². The van der Waals surface area contributed by atoms with E-state index in [-0.39, 0.29) is 25.1 Å². The molecule has 0 fully saturated rings. The van der Waals surface area contributed by atoms with Gasteiger partial charge in [0.25, 0.3) is 0 Å². The van der Waals surface area contributed by atoms with Crippen LogP contribution in [0, 0.1) is 0 Å². The molecule has 0 aromatic heterocycles. The molecule has 6 nitrogen and oxygen atoms in total. The summed E-state index contributed by atoms with van der Waals surface area (Å²) in [6, 6.07) is -0.704. The highest BCUT2D eigenvalue weighted by atomic mass is 16.4. The number of carboxylic acid groups (broad SMARTS) is 1. The first-order valence-electron chi connectivity index (χ1n) is 5.58. The molecule has 1 atom stereocenters. The van der Waals surface area contributed by atoms with E-state index in [0.717, 1.165) is 0 Å². The molecular formula is C11H20N2O4. The first kappa shape index (κ1) is 15.4. The van der Waals surface area contributed by atoms with Crippen LogP contribution in [-0.4, -0.2) is 41.4 Å². The molecule has 0 rings (SSSR count). The van der Waals surface area contributed by atoms with Crippen molar-refractivity contribution < 1.29 is 19.8 Å². The molecule has 0 heterocycles. The third-order valence-corrected chi connectivity index (χ3v) is 2.06. The second kappa shape index (κ2) is 9.65. The number of amides is 2. The van der Waals surface area contributed by atoms with E-state index in [0.29, 0.717) is 19.4 Å². The second-order valence-corrected chi connectivity index (χ2v) is 3.58. The number of hydrogen-bond acceptors (Lipinski definition) is 3. The molecule has 2 amide bonds. The number of aliphatic hydroxyl groups excluding tert-OH is 1. The zero-order chi connectivity index (χ0) is 13.1. The summed E-state index contributed by atoms with van der Waals surface area (Å²) in [5.74, 6) is -0.881. The number of hydrogen-bond donors (Lipinski definition) is 4. The van der Waals surface area contributed by atoms with E-state index in [9.17, 15) is 9.59 Å². The standard InChI is InChI=1S/C11H20N2O4/c1-2-3-5-9(8-14)13-11(17)12-7-4-6-10(15)16/h2-3,9,14H,4-8H2,1H3,(H,15,16)(H2,12,13,17)/b3-2+. The van der Waals surface area contributed by atoms with Crippen molar-refractivity contribution in [2.24, 2.45) is 0 Å². The highest BCUT2D eigenvalue weighted by molar-refractivity contribution is 5.74. The van der Waals surface area contributed by atoms with Crippen LogP contribution in [0.1, 0.15) is 26.2 Å². The van der Waals surface area contributed by atoms with E-state index in [1.54, 1.807) is 0 Å². The molecule has 1 unspecified atom stereocenters. The first-order chi connectivity index (χ1) is 8.10. The molecular weight excluding hydrogens is 224 g/mol. The van der Waals surface area contributed by atoms with Gasteiger partial charge in [-0.05, 0) is 19.8 Å². The lowest BCUT2D eigenvalue weighted by Crippen LogP contribution is -2.43. The van der Waals surface area contributed by atoms with Crippen LogP contribution in [0.3, 0.4) is 0 Å². The van der Waals surface area contributed by atoms with Gasteiger partial charge in [-0.25, -0.2) is 4.79 Å². The number of urea groups is 1. The number of nitrogens with one attached hydrogen (secondary N) is 2. The Labute approximate surface area is 101 Å². The molecule has 0 bridgehead atoms. The van der Waals surface area contributed by atoms with Gasteiger partial charge >= 0.3 is 12.0 Å². The minimum Gasteiger partial charge on any atom is -0.481 e. The number of carbonyl (C=O) groups is 2. The van der Waals surface area contributed by atoms with Gasteiger partial charge in [0.2, 0.25) is 0 Å². The van der Waals surface area contributed by atoms with E-state index in [4.69, 9.17) is 10.2 Å². The quantitative estimate of drug-likeness (QED) is 0.368. The Kier molecular flexibility index (Phi) is 8.77. The van der Waals surface area contributed by atoms with E-state index < -0.39 is 5.97 Å². The zero-order valence-corrected chi connectivity index (χ0v) is 9.98. The Morgan fingerprint density at radius 1 is 1.41 bits per heavy atom. The molecule has 98 valence electrons. The van der Waals surface area contributed by atoms with Gasteiger partial charge in [0.05, 0.1) is 12.6 Å². The van der Waals surface area contributed by atoms with Crippen molar-refractivity contribution >= 4 is 12.0 Å². The number of rotatable bonds is 8. The Morgan fingerprint density at radius 3 is 2.65 bits per heavy atom. The van der Waals surface area contributed by atoms with E-state index in [2.05, 4.69) is 10.6 Å². The molecule has 0 aliphatic carbocycles. The number of carbonyl (C=O) groups excluding carboxylic acids is 1. The Bertz CT molecular complexity index is 266. The van der Waals surface area contributed by atoms with Crippen molar-refractivity contribution in [3.05, 3.63) is 12.2 Å². The van der Waals surface area contributed by atoms with Crippen LogP contribution < -0.4 is 10.6 Å². The highest BCUT2D eigenvalue weighted by Crippen LogP contribution is 1.93. The molecule has 0 aromatic carbocycles. The highest BCUT2D eigenvalue weighted by Gasteiger charge is 2.08. The predicted molar refractivity (Wildman–Crippen MR) is 63.7 cm³/mol. The van der Waals surface area contributed by atoms with Crippen LogP contribution in [0.15, 0.2) is 12.2 Å². The van der Waals surface area contributed by atoms with Gasteiger partial charge in [0, 0.05) is 13.0 Å². The Balaban J connectivity index is 3.71. The third kappa shape index (κ3) is 9.37. The molecule has 0 radical (unpaired) electrons. The molecule has 0 saturated carbocycles.